The molecule has 0 radical (unpaired) electrons. The Balaban J connectivity index is 1.52. The van der Waals surface area contributed by atoms with Crippen molar-refractivity contribution >= 4 is 29.2 Å². The maximum atomic E-state index is 12.4. The van der Waals surface area contributed by atoms with Crippen LogP contribution in [0.5, 0.6) is 0 Å². The van der Waals surface area contributed by atoms with Crippen molar-refractivity contribution in [2.24, 2.45) is 0 Å². The first kappa shape index (κ1) is 22.3. The van der Waals surface area contributed by atoms with Crippen LogP contribution >= 0.6 is 11.6 Å². The molecule has 1 aliphatic rings. The normalized spacial score (nSPS) is 20.4. The third kappa shape index (κ3) is 6.29. The molecule has 1 aliphatic heterocycles. The molecule has 1 N–H and O–H groups in total. The van der Waals surface area contributed by atoms with Crippen LogP contribution < -0.4 is 5.32 Å². The summed E-state index contributed by atoms with van der Waals surface area (Å²) in [7, 11) is 0. The van der Waals surface area contributed by atoms with Gasteiger partial charge in [0.05, 0.1) is 17.8 Å². The molecule has 0 spiro atoms. The molecule has 0 aromatic heterocycles. The van der Waals surface area contributed by atoms with Crippen molar-refractivity contribution in [3.63, 3.8) is 0 Å². The van der Waals surface area contributed by atoms with Crippen molar-refractivity contribution in [3.8, 4) is 0 Å². The van der Waals surface area contributed by atoms with E-state index in [1.165, 1.54) is 6.92 Å². The molecule has 0 bridgehead atoms. The lowest BCUT2D eigenvalue weighted by molar-refractivity contribution is -0.123. The number of anilines is 1. The zero-order valence-electron chi connectivity index (χ0n) is 17.4. The molecular formula is C23H27ClN2O4. The third-order valence-corrected chi connectivity index (χ3v) is 5.11. The summed E-state index contributed by atoms with van der Waals surface area (Å²) in [5.41, 5.74) is 2.11. The minimum atomic E-state index is -0.927. The van der Waals surface area contributed by atoms with Crippen LogP contribution in [-0.4, -0.2) is 48.2 Å². The van der Waals surface area contributed by atoms with Gasteiger partial charge in [0.15, 0.2) is 6.10 Å². The van der Waals surface area contributed by atoms with Gasteiger partial charge in [0.2, 0.25) is 0 Å². The van der Waals surface area contributed by atoms with Crippen LogP contribution in [0.2, 0.25) is 5.02 Å². The van der Waals surface area contributed by atoms with Gasteiger partial charge in [-0.25, -0.2) is 4.79 Å². The minimum Gasteiger partial charge on any atom is -0.449 e. The van der Waals surface area contributed by atoms with Crippen LogP contribution in [0.15, 0.2) is 48.5 Å². The average Bonchev–Trinajstić information content (AvgIpc) is 2.69. The highest BCUT2D eigenvalue weighted by Gasteiger charge is 2.22. The fraction of sp³-hybridized carbons (Fsp3) is 0.391. The number of ether oxygens (including phenoxy) is 2. The maximum absolute atomic E-state index is 12.4. The first-order valence-corrected chi connectivity index (χ1v) is 10.4. The number of benzene rings is 2. The smallest absolute Gasteiger partial charge is 0.338 e. The molecule has 0 aliphatic carbocycles. The number of rotatable bonds is 6. The van der Waals surface area contributed by atoms with Gasteiger partial charge >= 0.3 is 5.97 Å². The van der Waals surface area contributed by atoms with Crippen LogP contribution in [0.25, 0.3) is 0 Å². The second-order valence-corrected chi connectivity index (χ2v) is 8.13. The van der Waals surface area contributed by atoms with Gasteiger partial charge in [0.25, 0.3) is 5.91 Å². The molecule has 3 unspecified atom stereocenters. The molecule has 3 rings (SSSR count). The van der Waals surface area contributed by atoms with Crippen LogP contribution in [0, 0.1) is 0 Å². The number of carbonyl (C=O) groups excluding carboxylic acids is 2. The number of nitrogens with zero attached hydrogens (tertiary/aromatic N) is 1. The van der Waals surface area contributed by atoms with Crippen molar-refractivity contribution in [1.29, 1.82) is 0 Å². The predicted octanol–water partition coefficient (Wildman–Crippen LogP) is 4.13. The number of halogens is 1. The van der Waals surface area contributed by atoms with E-state index in [9.17, 15) is 9.59 Å². The fourth-order valence-electron chi connectivity index (χ4n) is 3.48. The molecule has 30 heavy (non-hydrogen) atoms. The van der Waals surface area contributed by atoms with E-state index in [-0.39, 0.29) is 12.2 Å². The fourth-order valence-corrected chi connectivity index (χ4v) is 3.60. The second-order valence-electron chi connectivity index (χ2n) is 7.69. The summed E-state index contributed by atoms with van der Waals surface area (Å²) in [4.78, 5) is 27.0. The molecule has 7 heteroatoms. The highest BCUT2D eigenvalue weighted by atomic mass is 35.5. The second kappa shape index (κ2) is 10.1. The molecule has 2 aromatic rings. The Kier molecular flexibility index (Phi) is 7.48. The SMILES string of the molecule is CC1CN(Cc2ccc(C(=O)OC(C)C(=O)Nc3ccc(Cl)cc3)cc2)CC(C)O1. The lowest BCUT2D eigenvalue weighted by atomic mass is 10.1. The summed E-state index contributed by atoms with van der Waals surface area (Å²) in [5.74, 6) is -0.938. The Hall–Kier alpha value is -2.41. The van der Waals surface area contributed by atoms with Crippen LogP contribution in [0.1, 0.15) is 36.7 Å². The maximum Gasteiger partial charge on any atom is 0.338 e. The number of hydrogen-bond acceptors (Lipinski definition) is 5. The lowest BCUT2D eigenvalue weighted by Crippen LogP contribution is -2.44. The summed E-state index contributed by atoms with van der Waals surface area (Å²) < 4.78 is 11.1. The van der Waals surface area contributed by atoms with E-state index in [0.717, 1.165) is 25.2 Å². The Morgan fingerprint density at radius 3 is 2.30 bits per heavy atom. The number of nitrogens with one attached hydrogen (secondary N) is 1. The quantitative estimate of drug-likeness (QED) is 0.698. The standard InChI is InChI=1S/C23H27ClN2O4/c1-15-12-26(13-16(2)29-15)14-18-4-6-19(7-5-18)23(28)30-17(3)22(27)25-21-10-8-20(24)9-11-21/h4-11,15-17H,12-14H2,1-3H3,(H,25,27). The molecule has 1 fully saturated rings. The Labute approximate surface area is 182 Å². The third-order valence-electron chi connectivity index (χ3n) is 4.86. The molecule has 2 aromatic carbocycles. The van der Waals surface area contributed by atoms with Gasteiger partial charge in [-0.3, -0.25) is 9.69 Å². The zero-order valence-corrected chi connectivity index (χ0v) is 18.2. The Morgan fingerprint density at radius 2 is 1.70 bits per heavy atom. The van der Waals surface area contributed by atoms with Crippen LogP contribution in [-0.2, 0) is 20.8 Å². The summed E-state index contributed by atoms with van der Waals surface area (Å²) in [6.45, 7) is 8.26. The van der Waals surface area contributed by atoms with Gasteiger partial charge in [0.1, 0.15) is 0 Å². The highest BCUT2D eigenvalue weighted by Crippen LogP contribution is 2.16. The topological polar surface area (TPSA) is 67.9 Å². The molecule has 1 amide bonds. The molecule has 160 valence electrons. The first-order valence-electron chi connectivity index (χ1n) is 10.0. The zero-order chi connectivity index (χ0) is 21.7. The molecular weight excluding hydrogens is 404 g/mol. The number of amides is 1. The summed E-state index contributed by atoms with van der Waals surface area (Å²) in [6, 6.07) is 14.0. The van der Waals surface area contributed by atoms with Gasteiger partial charge < -0.3 is 14.8 Å². The highest BCUT2D eigenvalue weighted by molar-refractivity contribution is 6.30. The molecule has 6 nitrogen and oxygen atoms in total. The van der Waals surface area contributed by atoms with Gasteiger partial charge in [-0.15, -0.1) is 0 Å². The van der Waals surface area contributed by atoms with Crippen molar-refractivity contribution in [1.82, 2.24) is 4.90 Å². The predicted molar refractivity (Wildman–Crippen MR) is 117 cm³/mol. The van der Waals surface area contributed by atoms with E-state index in [2.05, 4.69) is 24.1 Å². The molecule has 1 heterocycles. The lowest BCUT2D eigenvalue weighted by Gasteiger charge is -2.35. The molecule has 0 saturated carbocycles. The summed E-state index contributed by atoms with van der Waals surface area (Å²) in [6.07, 6.45) is -0.504. The largest absolute Gasteiger partial charge is 0.449 e. The number of morpholine rings is 1. The van der Waals surface area contributed by atoms with Gasteiger partial charge in [-0.2, -0.15) is 0 Å². The monoisotopic (exact) mass is 430 g/mol. The van der Waals surface area contributed by atoms with E-state index in [4.69, 9.17) is 21.1 Å². The van der Waals surface area contributed by atoms with Gasteiger partial charge in [-0.05, 0) is 62.7 Å². The number of carbonyl (C=O) groups is 2. The Bertz CT molecular complexity index is 860. The summed E-state index contributed by atoms with van der Waals surface area (Å²) >= 11 is 5.84. The number of hydrogen-bond donors (Lipinski definition) is 1. The van der Waals surface area contributed by atoms with Crippen molar-refractivity contribution in [3.05, 3.63) is 64.7 Å². The minimum absolute atomic E-state index is 0.212. The Morgan fingerprint density at radius 1 is 1.10 bits per heavy atom. The van der Waals surface area contributed by atoms with Crippen molar-refractivity contribution < 1.29 is 19.1 Å². The van der Waals surface area contributed by atoms with Crippen LogP contribution in [0.4, 0.5) is 5.69 Å². The van der Waals surface area contributed by atoms with E-state index in [0.29, 0.717) is 16.3 Å². The van der Waals surface area contributed by atoms with E-state index >= 15 is 0 Å². The first-order chi connectivity index (χ1) is 14.3. The van der Waals surface area contributed by atoms with Gasteiger partial charge in [-0.1, -0.05) is 23.7 Å². The van der Waals surface area contributed by atoms with E-state index < -0.39 is 18.0 Å². The van der Waals surface area contributed by atoms with Crippen molar-refractivity contribution in [2.45, 2.75) is 45.6 Å². The van der Waals surface area contributed by atoms with E-state index in [1.807, 2.05) is 12.1 Å². The average molecular weight is 431 g/mol. The number of esters is 1. The molecule has 1 saturated heterocycles. The van der Waals surface area contributed by atoms with Crippen LogP contribution in [0.3, 0.4) is 0 Å². The van der Waals surface area contributed by atoms with E-state index in [1.54, 1.807) is 36.4 Å². The van der Waals surface area contributed by atoms with Crippen molar-refractivity contribution in [2.75, 3.05) is 18.4 Å². The molecule has 3 atom stereocenters. The van der Waals surface area contributed by atoms with Gasteiger partial charge in [0, 0.05) is 30.3 Å². The summed E-state index contributed by atoms with van der Waals surface area (Å²) in [5, 5.41) is 3.27.